The first-order chi connectivity index (χ1) is 7.91. The number of hydrogen-bond acceptors (Lipinski definition) is 4. The van der Waals surface area contributed by atoms with Crippen LogP contribution >= 0.6 is 0 Å². The lowest BCUT2D eigenvalue weighted by atomic mass is 9.68. The Hall–Kier alpha value is -1.63. The molecule has 0 unspecified atom stereocenters. The summed E-state index contributed by atoms with van der Waals surface area (Å²) in [6.07, 6.45) is 2.27. The molecular weight excluding hydrogens is 224 g/mol. The summed E-state index contributed by atoms with van der Waals surface area (Å²) in [7, 11) is 0. The lowest BCUT2D eigenvalue weighted by molar-refractivity contribution is -0.150. The third-order valence-electron chi connectivity index (χ3n) is 3.14. The van der Waals surface area contributed by atoms with Gasteiger partial charge in [0.1, 0.15) is 0 Å². The van der Waals surface area contributed by atoms with Gasteiger partial charge in [-0.25, -0.2) is 0 Å². The molecular formula is C10H18N4O3. The molecule has 7 heteroatoms. The monoisotopic (exact) mass is 242 g/mol. The molecule has 0 aliphatic heterocycles. The number of hydrogen-bond donors (Lipinski definition) is 3. The number of amides is 3. The van der Waals surface area contributed by atoms with Gasteiger partial charge in [0.15, 0.2) is 0 Å². The average Bonchev–Trinajstić information content (AvgIpc) is 2.14. The molecule has 1 aliphatic carbocycles. The summed E-state index contributed by atoms with van der Waals surface area (Å²) in [6.45, 7) is -0.396. The minimum absolute atomic E-state index is 0.208. The summed E-state index contributed by atoms with van der Waals surface area (Å²) in [5, 5.41) is 0. The zero-order valence-corrected chi connectivity index (χ0v) is 9.65. The second-order valence-electron chi connectivity index (χ2n) is 4.43. The first-order valence-electron chi connectivity index (χ1n) is 5.47. The average molecular weight is 242 g/mol. The highest BCUT2D eigenvalue weighted by atomic mass is 16.2. The maximum atomic E-state index is 12.2. The Morgan fingerprint density at radius 3 is 1.76 bits per heavy atom. The van der Waals surface area contributed by atoms with Crippen molar-refractivity contribution in [3.05, 3.63) is 0 Å². The van der Waals surface area contributed by atoms with Gasteiger partial charge in [0.25, 0.3) is 0 Å². The normalized spacial score (nSPS) is 17.0. The molecule has 0 saturated heterocycles. The van der Waals surface area contributed by atoms with Crippen LogP contribution in [0.1, 0.15) is 19.3 Å². The van der Waals surface area contributed by atoms with Crippen LogP contribution < -0.4 is 17.2 Å². The standard InChI is InChI=1S/C10H18N4O3/c11-6-10(2-1-3-10)9(17)14(4-7(12)15)5-8(13)16/h1-6,11H2,(H2,12,15)(H2,13,16). The Morgan fingerprint density at radius 2 is 1.53 bits per heavy atom. The van der Waals surface area contributed by atoms with Crippen LogP contribution in [0.25, 0.3) is 0 Å². The van der Waals surface area contributed by atoms with Crippen LogP contribution in [0.15, 0.2) is 0 Å². The number of nitrogens with zero attached hydrogens (tertiary/aromatic N) is 1. The van der Waals surface area contributed by atoms with Crippen molar-refractivity contribution < 1.29 is 14.4 Å². The minimum atomic E-state index is -0.675. The molecule has 7 nitrogen and oxygen atoms in total. The number of carbonyl (C=O) groups excluding carboxylic acids is 3. The van der Waals surface area contributed by atoms with E-state index in [1.807, 2.05) is 0 Å². The van der Waals surface area contributed by atoms with Gasteiger partial charge in [-0.3, -0.25) is 14.4 Å². The van der Waals surface area contributed by atoms with Crippen LogP contribution in [-0.2, 0) is 14.4 Å². The van der Waals surface area contributed by atoms with E-state index in [2.05, 4.69) is 0 Å². The van der Waals surface area contributed by atoms with Gasteiger partial charge in [0.05, 0.1) is 18.5 Å². The number of nitrogens with two attached hydrogens (primary N) is 3. The van der Waals surface area contributed by atoms with E-state index in [0.717, 1.165) is 11.3 Å². The highest BCUT2D eigenvalue weighted by Crippen LogP contribution is 2.41. The second-order valence-corrected chi connectivity index (χ2v) is 4.43. The Balaban J connectivity index is 2.77. The molecule has 0 aromatic carbocycles. The summed E-state index contributed by atoms with van der Waals surface area (Å²) in [5.74, 6) is -1.65. The molecule has 0 heterocycles. The topological polar surface area (TPSA) is 133 Å². The lowest BCUT2D eigenvalue weighted by Crippen LogP contribution is -2.55. The van der Waals surface area contributed by atoms with Crippen LogP contribution in [0.4, 0.5) is 0 Å². The van der Waals surface area contributed by atoms with Crippen LogP contribution in [0.5, 0.6) is 0 Å². The predicted octanol–water partition coefficient (Wildman–Crippen LogP) is -2.09. The molecule has 96 valence electrons. The third-order valence-corrected chi connectivity index (χ3v) is 3.14. The highest BCUT2D eigenvalue weighted by molar-refractivity contribution is 5.91. The van der Waals surface area contributed by atoms with Crippen molar-refractivity contribution in [1.82, 2.24) is 4.90 Å². The third kappa shape index (κ3) is 2.94. The fourth-order valence-electron chi connectivity index (χ4n) is 2.02. The Labute approximate surface area is 99.3 Å². The number of carbonyl (C=O) groups is 3. The minimum Gasteiger partial charge on any atom is -0.368 e. The van der Waals surface area contributed by atoms with E-state index in [0.29, 0.717) is 12.8 Å². The zero-order valence-electron chi connectivity index (χ0n) is 9.65. The number of primary amides is 2. The number of rotatable bonds is 6. The van der Waals surface area contributed by atoms with Crippen LogP contribution in [0.3, 0.4) is 0 Å². The maximum absolute atomic E-state index is 12.2. The van der Waals surface area contributed by atoms with Gasteiger partial charge in [-0.2, -0.15) is 0 Å². The van der Waals surface area contributed by atoms with Gasteiger partial charge in [0, 0.05) is 6.54 Å². The largest absolute Gasteiger partial charge is 0.368 e. The Morgan fingerprint density at radius 1 is 1.06 bits per heavy atom. The van der Waals surface area contributed by atoms with Crippen molar-refractivity contribution in [1.29, 1.82) is 0 Å². The van der Waals surface area contributed by atoms with Crippen LogP contribution in [0, 0.1) is 5.41 Å². The summed E-state index contributed by atoms with van der Waals surface area (Å²) in [4.78, 5) is 35.0. The summed E-state index contributed by atoms with van der Waals surface area (Å²) in [5.41, 5.74) is 15.0. The quantitative estimate of drug-likeness (QED) is 0.492. The highest BCUT2D eigenvalue weighted by Gasteiger charge is 2.45. The predicted molar refractivity (Wildman–Crippen MR) is 60.3 cm³/mol. The van der Waals surface area contributed by atoms with E-state index in [1.165, 1.54) is 0 Å². The van der Waals surface area contributed by atoms with E-state index < -0.39 is 17.2 Å². The molecule has 1 fully saturated rings. The van der Waals surface area contributed by atoms with Crippen molar-refractivity contribution in [3.63, 3.8) is 0 Å². The molecule has 17 heavy (non-hydrogen) atoms. The molecule has 1 saturated carbocycles. The fraction of sp³-hybridized carbons (Fsp3) is 0.700. The molecule has 0 radical (unpaired) electrons. The maximum Gasteiger partial charge on any atom is 0.237 e. The second kappa shape index (κ2) is 5.13. The Bertz CT molecular complexity index is 317. The summed E-state index contributed by atoms with van der Waals surface area (Å²) in [6, 6.07) is 0. The molecule has 0 spiro atoms. The van der Waals surface area contributed by atoms with Gasteiger partial charge >= 0.3 is 0 Å². The first-order valence-corrected chi connectivity index (χ1v) is 5.47. The summed E-state index contributed by atoms with van der Waals surface area (Å²) < 4.78 is 0. The van der Waals surface area contributed by atoms with Crippen LogP contribution in [-0.4, -0.2) is 42.3 Å². The zero-order chi connectivity index (χ0) is 13.1. The summed E-state index contributed by atoms with van der Waals surface area (Å²) >= 11 is 0. The van der Waals surface area contributed by atoms with Crippen molar-refractivity contribution in [2.45, 2.75) is 19.3 Å². The van der Waals surface area contributed by atoms with Crippen molar-refractivity contribution in [3.8, 4) is 0 Å². The van der Waals surface area contributed by atoms with Gasteiger partial charge in [-0.15, -0.1) is 0 Å². The van der Waals surface area contributed by atoms with Gasteiger partial charge < -0.3 is 22.1 Å². The van der Waals surface area contributed by atoms with Gasteiger partial charge in [-0.1, -0.05) is 6.42 Å². The van der Waals surface area contributed by atoms with E-state index in [4.69, 9.17) is 17.2 Å². The molecule has 3 amide bonds. The van der Waals surface area contributed by atoms with E-state index in [1.54, 1.807) is 0 Å². The Kier molecular flexibility index (Phi) is 4.06. The molecule has 1 aliphatic rings. The first kappa shape index (κ1) is 13.4. The SMILES string of the molecule is NCC1(C(=O)N(CC(N)=O)CC(N)=O)CCC1. The van der Waals surface area contributed by atoms with Crippen molar-refractivity contribution in [2.75, 3.05) is 19.6 Å². The van der Waals surface area contributed by atoms with Crippen LogP contribution in [0.2, 0.25) is 0 Å². The van der Waals surface area contributed by atoms with Gasteiger partial charge in [0.2, 0.25) is 17.7 Å². The molecule has 6 N–H and O–H groups in total. The molecule has 1 rings (SSSR count). The molecule has 0 atom stereocenters. The van der Waals surface area contributed by atoms with Crippen molar-refractivity contribution >= 4 is 17.7 Å². The smallest absolute Gasteiger partial charge is 0.237 e. The lowest BCUT2D eigenvalue weighted by Gasteiger charge is -2.42. The molecule has 0 aromatic heterocycles. The van der Waals surface area contributed by atoms with Gasteiger partial charge in [-0.05, 0) is 12.8 Å². The van der Waals surface area contributed by atoms with E-state index in [-0.39, 0.29) is 25.5 Å². The van der Waals surface area contributed by atoms with Crippen molar-refractivity contribution in [2.24, 2.45) is 22.6 Å². The van der Waals surface area contributed by atoms with E-state index >= 15 is 0 Å². The molecule has 0 aromatic rings. The van der Waals surface area contributed by atoms with E-state index in [9.17, 15) is 14.4 Å². The molecule has 0 bridgehead atoms. The fourth-order valence-corrected chi connectivity index (χ4v) is 2.02.